The van der Waals surface area contributed by atoms with Crippen molar-refractivity contribution in [2.75, 3.05) is 0 Å². The molecule has 0 radical (unpaired) electrons. The highest BCUT2D eigenvalue weighted by molar-refractivity contribution is 5.85. The Morgan fingerprint density at radius 1 is 0.947 bits per heavy atom. The van der Waals surface area contributed by atoms with E-state index in [9.17, 15) is 22.0 Å². The van der Waals surface area contributed by atoms with Crippen LogP contribution in [0.4, 0.5) is 22.0 Å². The third-order valence-corrected chi connectivity index (χ3v) is 2.72. The first-order chi connectivity index (χ1) is 8.16. The second kappa shape index (κ2) is 6.52. The fraction of sp³-hybridized carbons (Fsp3) is 0.500. The second-order valence-corrected chi connectivity index (χ2v) is 4.14. The van der Waals surface area contributed by atoms with Gasteiger partial charge in [0.25, 0.3) is 0 Å². The summed E-state index contributed by atoms with van der Waals surface area (Å²) in [7, 11) is 0. The Balaban J connectivity index is 0.00000324. The molecule has 1 N–H and O–H groups in total. The van der Waals surface area contributed by atoms with Crippen molar-refractivity contribution < 1.29 is 22.0 Å². The zero-order valence-electron chi connectivity index (χ0n) is 10.3. The summed E-state index contributed by atoms with van der Waals surface area (Å²) >= 11 is 0. The van der Waals surface area contributed by atoms with Crippen LogP contribution in [0.25, 0.3) is 0 Å². The summed E-state index contributed by atoms with van der Waals surface area (Å²) in [5.74, 6) is -4.75. The lowest BCUT2D eigenvalue weighted by atomic mass is 10.1. The highest BCUT2D eigenvalue weighted by Gasteiger charge is 2.60. The van der Waals surface area contributed by atoms with Gasteiger partial charge >= 0.3 is 12.1 Å². The van der Waals surface area contributed by atoms with Gasteiger partial charge in [0.05, 0.1) is 6.04 Å². The van der Waals surface area contributed by atoms with Gasteiger partial charge < -0.3 is 5.32 Å². The minimum atomic E-state index is -5.55. The highest BCUT2D eigenvalue weighted by atomic mass is 35.5. The number of benzene rings is 1. The van der Waals surface area contributed by atoms with E-state index in [0.29, 0.717) is 5.56 Å². The maximum Gasteiger partial charge on any atom is 0.454 e. The number of halogens is 6. The van der Waals surface area contributed by atoms with Gasteiger partial charge in [-0.2, -0.15) is 22.0 Å². The lowest BCUT2D eigenvalue weighted by molar-refractivity contribution is -0.291. The summed E-state index contributed by atoms with van der Waals surface area (Å²) < 4.78 is 62.5. The van der Waals surface area contributed by atoms with Crippen LogP contribution in [0.1, 0.15) is 25.5 Å². The maximum absolute atomic E-state index is 13.0. The van der Waals surface area contributed by atoms with E-state index in [4.69, 9.17) is 0 Å². The molecule has 1 aromatic carbocycles. The third-order valence-electron chi connectivity index (χ3n) is 2.72. The monoisotopic (exact) mass is 303 g/mol. The maximum atomic E-state index is 13.0. The van der Waals surface area contributed by atoms with Gasteiger partial charge in [-0.3, -0.25) is 0 Å². The van der Waals surface area contributed by atoms with Gasteiger partial charge in [-0.15, -0.1) is 12.4 Å². The van der Waals surface area contributed by atoms with Crippen LogP contribution in [0, 0.1) is 0 Å². The number of hydrogen-bond acceptors (Lipinski definition) is 1. The van der Waals surface area contributed by atoms with Crippen LogP contribution in [-0.4, -0.2) is 18.1 Å². The number of hydrogen-bond donors (Lipinski definition) is 1. The van der Waals surface area contributed by atoms with Gasteiger partial charge in [0.1, 0.15) is 0 Å². The molecule has 0 aromatic heterocycles. The van der Waals surface area contributed by atoms with Crippen molar-refractivity contribution in [1.29, 1.82) is 0 Å². The van der Waals surface area contributed by atoms with E-state index in [1.165, 1.54) is 6.92 Å². The van der Waals surface area contributed by atoms with Gasteiger partial charge in [0.2, 0.25) is 0 Å². The fourth-order valence-electron chi connectivity index (χ4n) is 1.56. The molecule has 0 spiro atoms. The molecule has 0 bridgehead atoms. The van der Waals surface area contributed by atoms with Gasteiger partial charge in [-0.05, 0) is 19.4 Å². The quantitative estimate of drug-likeness (QED) is 0.816. The third kappa shape index (κ3) is 4.31. The molecule has 7 heteroatoms. The zero-order valence-corrected chi connectivity index (χ0v) is 11.2. The standard InChI is InChI=1S/C12H14F5N.ClH/c1-8(10-6-4-3-5-7-10)18-9(2)11(13,14)12(15,16)17;/h3-9,18H,1-2H3;1H. The van der Waals surface area contributed by atoms with Crippen LogP contribution >= 0.6 is 12.4 Å². The van der Waals surface area contributed by atoms with Crippen molar-refractivity contribution in [2.24, 2.45) is 0 Å². The predicted octanol–water partition coefficient (Wildman–Crippen LogP) is 4.35. The molecule has 0 saturated carbocycles. The molecule has 0 aliphatic carbocycles. The Labute approximate surface area is 114 Å². The van der Waals surface area contributed by atoms with Crippen LogP contribution in [0.3, 0.4) is 0 Å². The number of rotatable bonds is 4. The van der Waals surface area contributed by atoms with Crippen LogP contribution < -0.4 is 5.32 Å². The summed E-state index contributed by atoms with van der Waals surface area (Å²) in [6.45, 7) is 2.37. The summed E-state index contributed by atoms with van der Waals surface area (Å²) in [6, 6.07) is 5.87. The lowest BCUT2D eigenvalue weighted by Gasteiger charge is -2.29. The molecule has 0 amide bonds. The van der Waals surface area contributed by atoms with Crippen molar-refractivity contribution >= 4 is 12.4 Å². The predicted molar refractivity (Wildman–Crippen MR) is 65.7 cm³/mol. The molecule has 0 aliphatic rings. The first kappa shape index (κ1) is 18.1. The van der Waals surface area contributed by atoms with Crippen LogP contribution in [-0.2, 0) is 0 Å². The minimum Gasteiger partial charge on any atom is -0.302 e. The molecule has 1 nitrogen and oxygen atoms in total. The Morgan fingerprint density at radius 3 is 1.84 bits per heavy atom. The average Bonchev–Trinajstić information content (AvgIpc) is 2.28. The van der Waals surface area contributed by atoms with E-state index in [2.05, 4.69) is 5.32 Å². The Bertz CT molecular complexity index is 379. The fourth-order valence-corrected chi connectivity index (χ4v) is 1.56. The summed E-state index contributed by atoms with van der Waals surface area (Å²) in [4.78, 5) is 0. The van der Waals surface area contributed by atoms with Crippen LogP contribution in [0.15, 0.2) is 30.3 Å². The van der Waals surface area contributed by atoms with E-state index in [1.807, 2.05) is 0 Å². The molecule has 0 heterocycles. The average molecular weight is 304 g/mol. The molecule has 0 aliphatic heterocycles. The smallest absolute Gasteiger partial charge is 0.302 e. The van der Waals surface area contributed by atoms with Crippen molar-refractivity contribution in [3.05, 3.63) is 35.9 Å². The van der Waals surface area contributed by atoms with Crippen molar-refractivity contribution in [2.45, 2.75) is 38.0 Å². The summed E-state index contributed by atoms with van der Waals surface area (Å²) in [5, 5.41) is 2.27. The van der Waals surface area contributed by atoms with Gasteiger partial charge in [-0.1, -0.05) is 30.3 Å². The molecular weight excluding hydrogens is 289 g/mol. The molecule has 0 fully saturated rings. The largest absolute Gasteiger partial charge is 0.454 e. The van der Waals surface area contributed by atoms with Gasteiger partial charge in [0.15, 0.2) is 0 Å². The van der Waals surface area contributed by atoms with Crippen molar-refractivity contribution in [3.63, 3.8) is 0 Å². The molecule has 1 rings (SSSR count). The first-order valence-corrected chi connectivity index (χ1v) is 5.41. The lowest BCUT2D eigenvalue weighted by Crippen LogP contribution is -2.52. The Morgan fingerprint density at radius 2 is 1.42 bits per heavy atom. The molecular formula is C12H15ClF5N. The van der Waals surface area contributed by atoms with E-state index < -0.39 is 24.2 Å². The van der Waals surface area contributed by atoms with Crippen molar-refractivity contribution in [1.82, 2.24) is 5.32 Å². The number of alkyl halides is 5. The van der Waals surface area contributed by atoms with Crippen LogP contribution in [0.5, 0.6) is 0 Å². The van der Waals surface area contributed by atoms with Gasteiger partial charge in [-0.25, -0.2) is 0 Å². The first-order valence-electron chi connectivity index (χ1n) is 5.41. The summed E-state index contributed by atoms with van der Waals surface area (Å²) in [6.07, 6.45) is -5.55. The van der Waals surface area contributed by atoms with E-state index in [1.54, 1.807) is 30.3 Å². The molecule has 110 valence electrons. The van der Waals surface area contributed by atoms with Gasteiger partial charge in [0, 0.05) is 6.04 Å². The van der Waals surface area contributed by atoms with E-state index in [0.717, 1.165) is 6.92 Å². The normalized spacial score (nSPS) is 15.5. The Kier molecular flexibility index (Phi) is 6.22. The topological polar surface area (TPSA) is 12.0 Å². The molecule has 0 saturated heterocycles. The molecule has 1 aromatic rings. The second-order valence-electron chi connectivity index (χ2n) is 4.14. The van der Waals surface area contributed by atoms with E-state index >= 15 is 0 Å². The zero-order chi connectivity index (χ0) is 14.0. The number of nitrogens with one attached hydrogen (secondary N) is 1. The van der Waals surface area contributed by atoms with Crippen molar-refractivity contribution in [3.8, 4) is 0 Å². The SMILES string of the molecule is CC(NC(C)C(F)(F)C(F)(F)F)c1ccccc1.Cl. The molecule has 2 unspecified atom stereocenters. The summed E-state index contributed by atoms with van der Waals surface area (Å²) in [5.41, 5.74) is 0.655. The molecule has 2 atom stereocenters. The minimum absolute atomic E-state index is 0. The van der Waals surface area contributed by atoms with E-state index in [-0.39, 0.29) is 12.4 Å². The molecule has 19 heavy (non-hydrogen) atoms. The Hall–Kier alpha value is -0.880. The van der Waals surface area contributed by atoms with Crippen LogP contribution in [0.2, 0.25) is 0 Å². The highest BCUT2D eigenvalue weighted by Crippen LogP contribution is 2.38.